The molecule has 6 nitrogen and oxygen atoms in total. The quantitative estimate of drug-likeness (QED) is 0.430. The number of nitrogens with zero attached hydrogens (tertiary/aromatic N) is 5. The van der Waals surface area contributed by atoms with Crippen LogP contribution in [0.3, 0.4) is 0 Å². The van der Waals surface area contributed by atoms with Crippen molar-refractivity contribution in [2.24, 2.45) is 0 Å². The summed E-state index contributed by atoms with van der Waals surface area (Å²) in [6.45, 7) is 5.92. The first-order valence-corrected chi connectivity index (χ1v) is 11.6. The van der Waals surface area contributed by atoms with Crippen LogP contribution in [-0.4, -0.2) is 58.9 Å². The first-order valence-electron chi connectivity index (χ1n) is 10.8. The van der Waals surface area contributed by atoms with Gasteiger partial charge in [-0.05, 0) is 43.6 Å². The van der Waals surface area contributed by atoms with Gasteiger partial charge in [-0.3, -0.25) is 9.78 Å². The maximum Gasteiger partial charge on any atom is 0.169 e. The average Bonchev–Trinajstić information content (AvgIpc) is 3.25. The topological polar surface area (TPSA) is 62.2 Å². The van der Waals surface area contributed by atoms with E-state index in [9.17, 15) is 4.79 Å². The molecule has 1 aromatic carbocycles. The third-order valence-electron chi connectivity index (χ3n) is 5.88. The molecule has 4 heterocycles. The molecule has 5 rings (SSSR count). The van der Waals surface area contributed by atoms with E-state index in [-0.39, 0.29) is 12.2 Å². The number of likely N-dealkylation sites (N-methyl/N-ethyl adjacent to an activating group) is 1. The molecule has 32 heavy (non-hydrogen) atoms. The van der Waals surface area contributed by atoms with Gasteiger partial charge in [0.15, 0.2) is 5.78 Å². The minimum absolute atomic E-state index is 0.0568. The number of thiazole rings is 1. The minimum Gasteiger partial charge on any atom is -0.354 e. The third-order valence-corrected chi connectivity index (χ3v) is 6.84. The molecule has 0 spiro atoms. The van der Waals surface area contributed by atoms with Gasteiger partial charge in [0, 0.05) is 71.9 Å². The summed E-state index contributed by atoms with van der Waals surface area (Å²) in [5, 5.41) is 3.13. The van der Waals surface area contributed by atoms with Crippen LogP contribution in [0.15, 0.2) is 55.0 Å². The van der Waals surface area contributed by atoms with E-state index < -0.39 is 0 Å². The van der Waals surface area contributed by atoms with Crippen LogP contribution < -0.4 is 4.90 Å². The van der Waals surface area contributed by atoms with E-state index in [1.807, 2.05) is 24.5 Å². The van der Waals surface area contributed by atoms with E-state index in [0.29, 0.717) is 5.56 Å². The number of fused-ring (bicyclic) bond motifs is 1. The molecule has 0 bridgehead atoms. The zero-order chi connectivity index (χ0) is 22.1. The second-order valence-corrected chi connectivity index (χ2v) is 9.54. The predicted octanol–water partition coefficient (Wildman–Crippen LogP) is 4.24. The van der Waals surface area contributed by atoms with Crippen molar-refractivity contribution < 1.29 is 4.79 Å². The van der Waals surface area contributed by atoms with Gasteiger partial charge < -0.3 is 9.80 Å². The lowest BCUT2D eigenvalue weighted by Crippen LogP contribution is -2.44. The van der Waals surface area contributed by atoms with Crippen LogP contribution in [0.4, 0.5) is 5.82 Å². The molecule has 0 radical (unpaired) electrons. The van der Waals surface area contributed by atoms with Gasteiger partial charge >= 0.3 is 0 Å². The maximum absolute atomic E-state index is 13.0. The molecule has 0 unspecified atom stereocenters. The number of hydrogen-bond acceptors (Lipinski definition) is 7. The van der Waals surface area contributed by atoms with Gasteiger partial charge in [-0.15, -0.1) is 11.3 Å². The summed E-state index contributed by atoms with van der Waals surface area (Å²) in [6, 6.07) is 12.0. The minimum atomic E-state index is 0.0568. The highest BCUT2D eigenvalue weighted by Gasteiger charge is 2.17. The molecular weight excluding hydrogens is 418 g/mol. The van der Waals surface area contributed by atoms with Gasteiger partial charge in [0.25, 0.3) is 0 Å². The van der Waals surface area contributed by atoms with Crippen molar-refractivity contribution in [3.63, 3.8) is 0 Å². The van der Waals surface area contributed by atoms with Crippen molar-refractivity contribution in [1.29, 1.82) is 0 Å². The summed E-state index contributed by atoms with van der Waals surface area (Å²) in [4.78, 5) is 32.3. The summed E-state index contributed by atoms with van der Waals surface area (Å²) in [5.41, 5.74) is 2.54. The Morgan fingerprint density at radius 2 is 1.81 bits per heavy atom. The Labute approximate surface area is 191 Å². The van der Waals surface area contributed by atoms with Gasteiger partial charge in [-0.1, -0.05) is 12.1 Å². The molecule has 162 valence electrons. The van der Waals surface area contributed by atoms with E-state index in [2.05, 4.69) is 56.9 Å². The predicted molar refractivity (Wildman–Crippen MR) is 130 cm³/mol. The number of carbonyl (C=O) groups is 1. The zero-order valence-electron chi connectivity index (χ0n) is 18.3. The van der Waals surface area contributed by atoms with Crippen molar-refractivity contribution in [1.82, 2.24) is 19.9 Å². The van der Waals surface area contributed by atoms with Crippen LogP contribution in [0.25, 0.3) is 21.3 Å². The van der Waals surface area contributed by atoms with E-state index in [1.54, 1.807) is 23.6 Å². The molecule has 4 aromatic rings. The third kappa shape index (κ3) is 4.40. The number of hydrogen-bond donors (Lipinski definition) is 0. The normalized spacial score (nSPS) is 14.8. The van der Waals surface area contributed by atoms with Gasteiger partial charge in [-0.25, -0.2) is 9.97 Å². The van der Waals surface area contributed by atoms with E-state index >= 15 is 0 Å². The molecule has 0 amide bonds. The average molecular weight is 444 g/mol. The van der Waals surface area contributed by atoms with Gasteiger partial charge in [-0.2, -0.15) is 0 Å². The number of pyridine rings is 2. The van der Waals surface area contributed by atoms with Crippen molar-refractivity contribution in [2.45, 2.75) is 13.3 Å². The SMILES string of the molecule is Cc1cnc(-c2ccc3cnc(CC(=O)c4ccnc(N5CCN(C)CC5)c4)cc3c2)s1. The Bertz CT molecular complexity index is 1280. The number of rotatable bonds is 5. The van der Waals surface area contributed by atoms with Crippen LogP contribution >= 0.6 is 11.3 Å². The number of Topliss-reactive ketones (excluding diaryl/α,β-unsaturated/α-hetero) is 1. The molecule has 0 aliphatic carbocycles. The maximum atomic E-state index is 13.0. The first kappa shape index (κ1) is 20.7. The molecule has 7 heteroatoms. The molecule has 1 aliphatic heterocycles. The van der Waals surface area contributed by atoms with Gasteiger partial charge in [0.2, 0.25) is 0 Å². The second kappa shape index (κ2) is 8.76. The fraction of sp³-hybridized carbons (Fsp3) is 0.280. The van der Waals surface area contributed by atoms with Crippen molar-refractivity contribution >= 4 is 33.7 Å². The lowest BCUT2D eigenvalue weighted by Gasteiger charge is -2.33. The highest BCUT2D eigenvalue weighted by molar-refractivity contribution is 7.14. The number of carbonyl (C=O) groups excluding carboxylic acids is 1. The molecule has 0 atom stereocenters. The van der Waals surface area contributed by atoms with Crippen LogP contribution in [0.1, 0.15) is 20.9 Å². The Balaban J connectivity index is 1.36. The fourth-order valence-corrected chi connectivity index (χ4v) is 4.73. The fourth-order valence-electron chi connectivity index (χ4n) is 3.97. The van der Waals surface area contributed by atoms with E-state index in [4.69, 9.17) is 0 Å². The lowest BCUT2D eigenvalue weighted by atomic mass is 10.0. The molecule has 1 aliphatic rings. The number of anilines is 1. The number of ketones is 1. The van der Waals surface area contributed by atoms with Crippen LogP contribution in [0.5, 0.6) is 0 Å². The Kier molecular flexibility index (Phi) is 5.68. The van der Waals surface area contributed by atoms with Crippen molar-refractivity contribution in [3.8, 4) is 10.6 Å². The molecule has 3 aromatic heterocycles. The Morgan fingerprint density at radius 1 is 0.969 bits per heavy atom. The molecule has 0 saturated carbocycles. The van der Waals surface area contributed by atoms with Gasteiger partial charge in [0.1, 0.15) is 10.8 Å². The number of aryl methyl sites for hydroxylation is 1. The number of aromatic nitrogens is 3. The summed E-state index contributed by atoms with van der Waals surface area (Å²) < 4.78 is 0. The largest absolute Gasteiger partial charge is 0.354 e. The Hall–Kier alpha value is -3.16. The van der Waals surface area contributed by atoms with Crippen LogP contribution in [0, 0.1) is 6.92 Å². The van der Waals surface area contributed by atoms with E-state index in [0.717, 1.165) is 59.0 Å². The number of piperazine rings is 1. The standard InChI is InChI=1S/C25H25N5OS/c1-17-15-28-25(32-17)19-3-4-20-16-27-22(12-21(20)11-19)14-23(31)18-5-6-26-24(13-18)30-9-7-29(2)8-10-30/h3-6,11-13,15-16H,7-10,14H2,1-2H3. The summed E-state index contributed by atoms with van der Waals surface area (Å²) in [6.07, 6.45) is 5.74. The highest BCUT2D eigenvalue weighted by Crippen LogP contribution is 2.28. The lowest BCUT2D eigenvalue weighted by molar-refractivity contribution is 0.0992. The zero-order valence-corrected chi connectivity index (χ0v) is 19.1. The smallest absolute Gasteiger partial charge is 0.169 e. The van der Waals surface area contributed by atoms with E-state index in [1.165, 1.54) is 4.88 Å². The van der Waals surface area contributed by atoms with Crippen LogP contribution in [0.2, 0.25) is 0 Å². The van der Waals surface area contributed by atoms with Crippen molar-refractivity contribution in [3.05, 3.63) is 71.1 Å². The molecule has 1 fully saturated rings. The molecular formula is C25H25N5OS. The summed E-state index contributed by atoms with van der Waals surface area (Å²) in [5.74, 6) is 0.931. The van der Waals surface area contributed by atoms with Crippen LogP contribution in [-0.2, 0) is 6.42 Å². The second-order valence-electron chi connectivity index (χ2n) is 8.31. The molecule has 1 saturated heterocycles. The molecule has 0 N–H and O–H groups in total. The monoisotopic (exact) mass is 443 g/mol. The highest BCUT2D eigenvalue weighted by atomic mass is 32.1. The first-order chi connectivity index (χ1) is 15.5. The number of benzene rings is 1. The van der Waals surface area contributed by atoms with Crippen molar-refractivity contribution in [2.75, 3.05) is 38.1 Å². The summed E-state index contributed by atoms with van der Waals surface area (Å²) in [7, 11) is 2.13. The summed E-state index contributed by atoms with van der Waals surface area (Å²) >= 11 is 1.68. The Morgan fingerprint density at radius 3 is 2.59 bits per heavy atom. The van der Waals surface area contributed by atoms with Gasteiger partial charge in [0.05, 0.1) is 6.42 Å².